The summed E-state index contributed by atoms with van der Waals surface area (Å²) >= 11 is 0. The first-order valence-electron chi connectivity index (χ1n) is 4.45. The number of nitrogens with zero attached hydrogens (tertiary/aromatic N) is 1. The van der Waals surface area contributed by atoms with Crippen LogP contribution < -0.4 is 4.74 Å². The first-order valence-corrected chi connectivity index (χ1v) is 5.99. The van der Waals surface area contributed by atoms with Crippen LogP contribution in [0.1, 0.15) is 0 Å². The molecule has 0 unspecified atom stereocenters. The van der Waals surface area contributed by atoms with E-state index in [9.17, 15) is 12.8 Å². The molecule has 0 saturated heterocycles. The van der Waals surface area contributed by atoms with Crippen molar-refractivity contribution in [2.75, 3.05) is 6.61 Å². The van der Waals surface area contributed by atoms with E-state index in [1.165, 1.54) is 30.5 Å². The molecule has 84 valence electrons. The average Bonchev–Trinajstić information content (AvgIpc) is 2.57. The zero-order chi connectivity index (χ0) is 11.6. The van der Waals surface area contributed by atoms with E-state index in [0.29, 0.717) is 5.75 Å². The van der Waals surface area contributed by atoms with Crippen molar-refractivity contribution in [1.82, 2.24) is 0 Å². The Balaban J connectivity index is 2.02. The molecule has 4 nitrogen and oxygen atoms in total. The second kappa shape index (κ2) is 4.05. The molecule has 0 amide bonds. The number of aliphatic imine (C=N–C) groups is 1. The fraction of sp³-hybridized carbons (Fsp3) is 0.100. The average molecular weight is 241 g/mol. The van der Waals surface area contributed by atoms with E-state index in [1.54, 1.807) is 0 Å². The Morgan fingerprint density at radius 1 is 1.25 bits per heavy atom. The first-order chi connectivity index (χ1) is 7.58. The van der Waals surface area contributed by atoms with Gasteiger partial charge in [-0.1, -0.05) is 0 Å². The first kappa shape index (κ1) is 10.8. The maximum absolute atomic E-state index is 12.6. The topological polar surface area (TPSA) is 55.7 Å². The van der Waals surface area contributed by atoms with Crippen LogP contribution in [0.4, 0.5) is 4.39 Å². The Kier molecular flexibility index (Phi) is 2.74. The Labute approximate surface area is 92.0 Å². The van der Waals surface area contributed by atoms with E-state index in [4.69, 9.17) is 4.74 Å². The number of ether oxygens (including phenoxy) is 1. The summed E-state index contributed by atoms with van der Waals surface area (Å²) in [5.74, 6) is 0.0195. The van der Waals surface area contributed by atoms with Gasteiger partial charge in [-0.25, -0.2) is 17.8 Å². The molecule has 6 heteroatoms. The molecule has 16 heavy (non-hydrogen) atoms. The molecule has 0 atom stereocenters. The maximum atomic E-state index is 12.6. The zero-order valence-electron chi connectivity index (χ0n) is 8.13. The molecular formula is C10H8FNO3S. The minimum absolute atomic E-state index is 0.0446. The fourth-order valence-corrected chi connectivity index (χ4v) is 1.95. The fourth-order valence-electron chi connectivity index (χ4n) is 1.14. The highest BCUT2D eigenvalue weighted by molar-refractivity contribution is 8.09. The summed E-state index contributed by atoms with van der Waals surface area (Å²) in [7, 11) is -3.40. The van der Waals surface area contributed by atoms with Gasteiger partial charge in [0.05, 0.1) is 5.41 Å². The standard InChI is InChI=1S/C10H8FNO3S/c11-8-1-3-9(4-2-8)15-7-10-12-5-6-16(10,13)14/h1-6H,7H2. The van der Waals surface area contributed by atoms with Crippen molar-refractivity contribution in [3.63, 3.8) is 0 Å². The van der Waals surface area contributed by atoms with Crippen LogP contribution in [0, 0.1) is 5.82 Å². The van der Waals surface area contributed by atoms with Gasteiger partial charge >= 0.3 is 0 Å². The Hall–Kier alpha value is -1.69. The number of benzene rings is 1. The number of halogens is 1. The van der Waals surface area contributed by atoms with Crippen LogP contribution in [0.3, 0.4) is 0 Å². The lowest BCUT2D eigenvalue weighted by atomic mass is 10.3. The molecule has 0 radical (unpaired) electrons. The summed E-state index contributed by atoms with van der Waals surface area (Å²) in [6, 6.07) is 5.31. The summed E-state index contributed by atoms with van der Waals surface area (Å²) in [4.78, 5) is 3.67. The molecule has 0 fully saturated rings. The van der Waals surface area contributed by atoms with Crippen molar-refractivity contribution < 1.29 is 17.5 Å². The summed E-state index contributed by atoms with van der Waals surface area (Å²) in [6.07, 6.45) is 1.21. The van der Waals surface area contributed by atoms with E-state index in [2.05, 4.69) is 4.99 Å². The van der Waals surface area contributed by atoms with Gasteiger partial charge in [-0.15, -0.1) is 0 Å². The van der Waals surface area contributed by atoms with E-state index in [-0.39, 0.29) is 17.5 Å². The van der Waals surface area contributed by atoms with Crippen LogP contribution in [0.25, 0.3) is 0 Å². The third-order valence-corrected chi connectivity index (χ3v) is 3.32. The monoisotopic (exact) mass is 241 g/mol. The highest BCUT2D eigenvalue weighted by Gasteiger charge is 2.20. The molecule has 0 saturated carbocycles. The van der Waals surface area contributed by atoms with Gasteiger partial charge in [-0.05, 0) is 24.3 Å². The molecule has 1 aliphatic heterocycles. The third kappa shape index (κ3) is 2.27. The third-order valence-electron chi connectivity index (χ3n) is 1.96. The highest BCUT2D eigenvalue weighted by atomic mass is 32.2. The van der Waals surface area contributed by atoms with Gasteiger partial charge < -0.3 is 4.74 Å². The predicted molar refractivity (Wildman–Crippen MR) is 57.4 cm³/mol. The summed E-state index contributed by atoms with van der Waals surface area (Å²) in [5, 5.41) is 0.966. The van der Waals surface area contributed by atoms with E-state index >= 15 is 0 Å². The van der Waals surface area contributed by atoms with Crippen LogP contribution in [-0.2, 0) is 9.84 Å². The molecular weight excluding hydrogens is 233 g/mol. The molecule has 0 aromatic heterocycles. The number of rotatable bonds is 3. The lowest BCUT2D eigenvalue weighted by Gasteiger charge is -2.05. The smallest absolute Gasteiger partial charge is 0.218 e. The van der Waals surface area contributed by atoms with E-state index < -0.39 is 9.84 Å². The Morgan fingerprint density at radius 2 is 1.94 bits per heavy atom. The largest absolute Gasteiger partial charge is 0.487 e. The second-order valence-electron chi connectivity index (χ2n) is 3.10. The minimum Gasteiger partial charge on any atom is -0.487 e. The minimum atomic E-state index is -3.40. The summed E-state index contributed by atoms with van der Waals surface area (Å²) in [5.41, 5.74) is 0. The van der Waals surface area contributed by atoms with Crippen molar-refractivity contribution in [3.8, 4) is 5.75 Å². The molecule has 1 heterocycles. The Bertz CT molecular complexity index is 546. The Morgan fingerprint density at radius 3 is 2.50 bits per heavy atom. The number of hydrogen-bond acceptors (Lipinski definition) is 4. The molecule has 1 aliphatic rings. The molecule has 0 spiro atoms. The highest BCUT2D eigenvalue weighted by Crippen LogP contribution is 2.13. The van der Waals surface area contributed by atoms with Gasteiger partial charge in [0.1, 0.15) is 18.2 Å². The van der Waals surface area contributed by atoms with Gasteiger partial charge in [-0.3, -0.25) is 0 Å². The molecule has 0 aliphatic carbocycles. The second-order valence-corrected chi connectivity index (χ2v) is 4.93. The number of sulfone groups is 1. The van der Waals surface area contributed by atoms with Crippen LogP contribution in [0.2, 0.25) is 0 Å². The summed E-state index contributed by atoms with van der Waals surface area (Å²) in [6.45, 7) is -0.152. The zero-order valence-corrected chi connectivity index (χ0v) is 8.95. The summed E-state index contributed by atoms with van der Waals surface area (Å²) < 4.78 is 40.3. The molecule has 0 bridgehead atoms. The van der Waals surface area contributed by atoms with Crippen LogP contribution in [0.5, 0.6) is 5.75 Å². The molecule has 2 rings (SSSR count). The van der Waals surface area contributed by atoms with Crippen molar-refractivity contribution in [1.29, 1.82) is 0 Å². The molecule has 0 N–H and O–H groups in total. The van der Waals surface area contributed by atoms with Crippen LogP contribution >= 0.6 is 0 Å². The SMILES string of the molecule is O=S1(=O)C=CN=C1COc1ccc(F)cc1. The molecule has 1 aromatic rings. The van der Waals surface area contributed by atoms with Crippen LogP contribution in [-0.4, -0.2) is 20.1 Å². The lowest BCUT2D eigenvalue weighted by molar-refractivity contribution is 0.377. The quantitative estimate of drug-likeness (QED) is 0.805. The van der Waals surface area contributed by atoms with Gasteiger partial charge in [0.25, 0.3) is 0 Å². The van der Waals surface area contributed by atoms with Crippen molar-refractivity contribution in [3.05, 3.63) is 41.7 Å². The van der Waals surface area contributed by atoms with Crippen LogP contribution in [0.15, 0.2) is 40.9 Å². The van der Waals surface area contributed by atoms with Crippen molar-refractivity contribution in [2.45, 2.75) is 0 Å². The van der Waals surface area contributed by atoms with Gasteiger partial charge in [-0.2, -0.15) is 0 Å². The van der Waals surface area contributed by atoms with E-state index in [1.807, 2.05) is 0 Å². The lowest BCUT2D eigenvalue weighted by Crippen LogP contribution is -2.17. The maximum Gasteiger partial charge on any atom is 0.218 e. The normalized spacial score (nSPS) is 17.2. The van der Waals surface area contributed by atoms with E-state index in [0.717, 1.165) is 5.41 Å². The van der Waals surface area contributed by atoms with Crippen molar-refractivity contribution >= 4 is 14.9 Å². The molecule has 1 aromatic carbocycles. The van der Waals surface area contributed by atoms with Gasteiger partial charge in [0.2, 0.25) is 9.84 Å². The van der Waals surface area contributed by atoms with Gasteiger partial charge in [0, 0.05) is 6.20 Å². The van der Waals surface area contributed by atoms with Crippen molar-refractivity contribution in [2.24, 2.45) is 4.99 Å². The number of hydrogen-bond donors (Lipinski definition) is 0. The van der Waals surface area contributed by atoms with Gasteiger partial charge in [0.15, 0.2) is 5.04 Å². The predicted octanol–water partition coefficient (Wildman–Crippen LogP) is 1.50.